The summed E-state index contributed by atoms with van der Waals surface area (Å²) >= 11 is 3.37. The quantitative estimate of drug-likeness (QED) is 0.0251. The van der Waals surface area contributed by atoms with Gasteiger partial charge in [0.25, 0.3) is 0 Å². The van der Waals surface area contributed by atoms with Gasteiger partial charge in [0, 0.05) is 195 Å². The molecular weight excluding hydrogens is 2180 g/mol. The number of carbonyl (C=O) groups excluding carboxylic acids is 11. The third-order valence-electron chi connectivity index (χ3n) is 22.7. The summed E-state index contributed by atoms with van der Waals surface area (Å²) in [6.45, 7) is 23.4. The standard InChI is InChI=1S/C24H32N4O6.C24H28N4O6.C19H24N4O4.C13H12BrN3O3.C11H17NO3.H3N.V.W.2Y/c2*1-24(2,3)34-23(32)27-13-16(14-27)33-11-5-6-15-7-8-17-19(12-15)26(4)22(31)28(17)18-9-10-20(29)25-21(18)30;1-22-16-9-12(3-2-8-27-13-10-20-11-13)4-5-14(16)23(19(22)26)15-6-7-17(24)21-18(15)25;1-16-10-6-7(14)2-3-8(10)17(13(16)20)9-4-5-11(18)15-12(9)19;1-5-6-14-9-7-12(8-9)10(13)15-11(2,3)4;;;;;/h7-8,12,16,18H,5-6,9-11,13-14H2,1-4H3,(H,25,29,30);7-8,12,16,18H,9-11,13-14H2,1-4H3,(H,25,29,30);4-5,9,13,15,20H,2-3,6-8,10-11H2,1H3,(H,21,24,25);2-3,6,9H,4-5H2,1H3,(H,15,18,19);1,9H,6-8H2,2-4H3;1H3;;;;. The van der Waals surface area contributed by atoms with Crippen molar-refractivity contribution in [2.24, 2.45) is 28.2 Å². The molecular formula is C91H116BrN17O22VWY2. The van der Waals surface area contributed by atoms with Gasteiger partial charge in [0.1, 0.15) is 54.2 Å². The van der Waals surface area contributed by atoms with Gasteiger partial charge in [-0.2, -0.15) is 0 Å². The summed E-state index contributed by atoms with van der Waals surface area (Å²) in [5, 5.41) is 12.4. The molecule has 3 radical (unpaired) electrons. The molecule has 0 bridgehead atoms. The van der Waals surface area contributed by atoms with Crippen LogP contribution in [0.5, 0.6) is 0 Å². The van der Waals surface area contributed by atoms with Crippen LogP contribution < -0.4 is 55.5 Å². The fraction of sp³-hybridized carbons (Fsp3) is 0.527. The predicted octanol–water partition coefficient (Wildman–Crippen LogP) is 5.92. The Balaban J connectivity index is 0.000000234. The number of fused-ring (bicyclic) bond motifs is 4. The molecule has 4 aromatic heterocycles. The molecule has 4 atom stereocenters. The monoisotopic (exact) mass is 2290 g/mol. The molecule has 16 rings (SSSR count). The van der Waals surface area contributed by atoms with Crippen LogP contribution in [-0.4, -0.2) is 237 Å². The fourth-order valence-electron chi connectivity index (χ4n) is 15.8. The van der Waals surface area contributed by atoms with Gasteiger partial charge in [0.15, 0.2) is 0 Å². The summed E-state index contributed by atoms with van der Waals surface area (Å²) in [4.78, 5) is 185. The number of imidazole rings is 4. The first-order valence-corrected chi connectivity index (χ1v) is 44.2. The Bertz CT molecular complexity index is 6090. The van der Waals surface area contributed by atoms with E-state index in [0.29, 0.717) is 105 Å². The molecule has 8 N–H and O–H groups in total. The number of hydrogen-bond donors (Lipinski definition) is 6. The van der Waals surface area contributed by atoms with Gasteiger partial charge < -0.3 is 59.3 Å². The number of hydrogen-bond acceptors (Lipinski definition) is 24. The number of imide groups is 4. The van der Waals surface area contributed by atoms with Crippen molar-refractivity contribution in [3.8, 4) is 24.2 Å². The van der Waals surface area contributed by atoms with E-state index in [-0.39, 0.29) is 233 Å². The van der Waals surface area contributed by atoms with Gasteiger partial charge in [-0.3, -0.25) is 96.2 Å². The maximum absolute atomic E-state index is 12.9. The van der Waals surface area contributed by atoms with Gasteiger partial charge in [0.2, 0.25) is 47.3 Å². The molecule has 0 spiro atoms. The molecule has 4 aromatic carbocycles. The zero-order chi connectivity index (χ0) is 94.1. The summed E-state index contributed by atoms with van der Waals surface area (Å²) in [5.41, 5.74) is 5.98. The molecule has 12 heterocycles. The SMILES string of the molecule is C#CCOC1CN(C(=O)OC(C)(C)C)C1.Cn1c(=O)n(C2CCC(=O)NC2=O)c2ccc(Br)cc21.Cn1c(=O)n(C2CCC(=O)NC2=O)c2ccc(C#CCOC3CN(C(=O)OC(C)(C)C)C3)cc21.Cn1c(=O)n(C2CCC(=O)NC2=O)c2ccc(CCCOC3CN(C(=O)OC(C)(C)C)C3)cc21.Cn1c(=O)n(C2CCC(=O)NC2=O)c2ccc(CCCOC3CNC3)cc21.N.[V].[W].[Y].[Y]. The van der Waals surface area contributed by atoms with Gasteiger partial charge in [0.05, 0.1) is 108 Å². The number of halogens is 1. The molecule has 135 heavy (non-hydrogen) atoms. The molecule has 8 aromatic rings. The number of nitrogens with one attached hydrogen (secondary N) is 5. The Morgan fingerprint density at radius 1 is 0.415 bits per heavy atom. The minimum absolute atomic E-state index is 0. The molecule has 11 amide bonds. The van der Waals surface area contributed by atoms with E-state index >= 15 is 0 Å². The Labute approximate surface area is 864 Å². The molecule has 8 aliphatic heterocycles. The van der Waals surface area contributed by atoms with E-state index in [2.05, 4.69) is 60.3 Å². The van der Waals surface area contributed by atoms with Crippen LogP contribution in [0.4, 0.5) is 14.4 Å². The summed E-state index contributed by atoms with van der Waals surface area (Å²) in [6, 6.07) is 19.8. The van der Waals surface area contributed by atoms with Gasteiger partial charge in [-0.1, -0.05) is 45.8 Å². The van der Waals surface area contributed by atoms with Crippen molar-refractivity contribution in [2.75, 3.05) is 78.8 Å². The second-order valence-corrected chi connectivity index (χ2v) is 37.0. The molecule has 8 fully saturated rings. The van der Waals surface area contributed by atoms with E-state index in [9.17, 15) is 71.9 Å². The smallest absolute Gasteiger partial charge is 0.410 e. The zero-order valence-corrected chi connectivity index (χ0v) is 89.7. The van der Waals surface area contributed by atoms with Crippen molar-refractivity contribution >= 4 is 126 Å². The van der Waals surface area contributed by atoms with Crippen molar-refractivity contribution in [1.82, 2.24) is 84.0 Å². The number of aromatic nitrogens is 8. The van der Waals surface area contributed by atoms with Crippen LogP contribution in [0.3, 0.4) is 0 Å². The van der Waals surface area contributed by atoms with E-state index in [0.717, 1.165) is 83.0 Å². The van der Waals surface area contributed by atoms with Crippen LogP contribution in [0.1, 0.15) is 167 Å². The van der Waals surface area contributed by atoms with Crippen molar-refractivity contribution < 1.29 is 191 Å². The average molecular weight is 2290 g/mol. The van der Waals surface area contributed by atoms with Gasteiger partial charge in [-0.15, -0.1) is 6.42 Å². The molecule has 0 aliphatic carbocycles. The second kappa shape index (κ2) is 49.1. The number of piperidine rings is 4. The minimum Gasteiger partial charge on any atom is -0.444 e. The molecule has 39 nitrogen and oxygen atoms in total. The summed E-state index contributed by atoms with van der Waals surface area (Å²) in [7, 11) is 6.70. The first kappa shape index (κ1) is 113. The van der Waals surface area contributed by atoms with Crippen LogP contribution in [0.25, 0.3) is 44.1 Å². The van der Waals surface area contributed by atoms with Crippen LogP contribution in [0, 0.1) is 24.2 Å². The Hall–Kier alpha value is -8.83. The molecule has 0 saturated carbocycles. The number of likely N-dealkylation sites (tertiary alicyclic amines) is 3. The number of benzene rings is 4. The van der Waals surface area contributed by atoms with E-state index in [1.807, 2.05) is 111 Å². The number of amides is 11. The fourth-order valence-corrected chi connectivity index (χ4v) is 16.1. The summed E-state index contributed by atoms with van der Waals surface area (Å²) in [6.07, 6.45) is 10.0. The number of carbonyl (C=O) groups is 11. The first-order chi connectivity index (χ1) is 61.5. The Morgan fingerprint density at radius 2 is 0.711 bits per heavy atom. The Kier molecular flexibility index (Phi) is 41.2. The van der Waals surface area contributed by atoms with Crippen LogP contribution in [0.2, 0.25) is 0 Å². The zero-order valence-electron chi connectivity index (χ0n) is 78.1. The number of rotatable bonds is 18. The average Bonchev–Trinajstić information content (AvgIpc) is 1.62. The molecule has 721 valence electrons. The predicted molar refractivity (Wildman–Crippen MR) is 485 cm³/mol. The summed E-state index contributed by atoms with van der Waals surface area (Å²) in [5.74, 6) is 5.44. The molecule has 4 unspecified atom stereocenters. The maximum atomic E-state index is 12.9. The van der Waals surface area contributed by atoms with E-state index in [1.54, 1.807) is 76.3 Å². The summed E-state index contributed by atoms with van der Waals surface area (Å²) < 4.78 is 51.2. The Morgan fingerprint density at radius 3 is 1.02 bits per heavy atom. The van der Waals surface area contributed by atoms with Gasteiger partial charge in [-0.05, 0) is 185 Å². The molecule has 44 heteroatoms. The van der Waals surface area contributed by atoms with Gasteiger partial charge >= 0.3 is 41.0 Å². The van der Waals surface area contributed by atoms with Crippen LogP contribution >= 0.6 is 15.9 Å². The third kappa shape index (κ3) is 28.7. The van der Waals surface area contributed by atoms with E-state index in [1.165, 1.54) is 27.4 Å². The normalized spacial score (nSPS) is 18.5. The van der Waals surface area contributed by atoms with Crippen LogP contribution in [-0.2, 0) is 218 Å². The van der Waals surface area contributed by atoms with E-state index in [4.69, 9.17) is 39.6 Å². The number of aryl methyl sites for hydroxylation is 6. The largest absolute Gasteiger partial charge is 0.444 e. The minimum atomic E-state index is -0.720. The third-order valence-corrected chi connectivity index (χ3v) is 23.2. The molecule has 8 saturated heterocycles. The number of ether oxygens (including phenoxy) is 7. The van der Waals surface area contributed by atoms with Crippen molar-refractivity contribution in [2.45, 2.75) is 205 Å². The van der Waals surface area contributed by atoms with Gasteiger partial charge in [-0.25, -0.2) is 33.6 Å². The van der Waals surface area contributed by atoms with E-state index < -0.39 is 64.6 Å². The second-order valence-electron chi connectivity index (χ2n) is 36.1. The first-order valence-electron chi connectivity index (χ1n) is 43.4. The maximum Gasteiger partial charge on any atom is 0.410 e. The molecule has 8 aliphatic rings. The van der Waals surface area contributed by atoms with Crippen molar-refractivity contribution in [3.63, 3.8) is 0 Å². The van der Waals surface area contributed by atoms with Crippen LogP contribution in [0.15, 0.2) is 96.4 Å². The number of terminal acetylenes is 1. The topological polar surface area (TPSA) is 465 Å². The van der Waals surface area contributed by atoms with Crippen molar-refractivity contribution in [3.05, 3.63) is 136 Å². The number of nitrogens with zero attached hydrogens (tertiary/aromatic N) is 11. The van der Waals surface area contributed by atoms with Crippen molar-refractivity contribution in [1.29, 1.82) is 0 Å².